The summed E-state index contributed by atoms with van der Waals surface area (Å²) in [7, 11) is 0. The lowest BCUT2D eigenvalue weighted by molar-refractivity contribution is 0.301. The Balaban J connectivity index is 2.06. The van der Waals surface area contributed by atoms with Crippen molar-refractivity contribution in [3.05, 3.63) is 29.8 Å². The fourth-order valence-electron chi connectivity index (χ4n) is 3.20. The molecule has 1 fully saturated rings. The maximum absolute atomic E-state index is 6.44. The van der Waals surface area contributed by atoms with Gasteiger partial charge in [0.2, 0.25) is 0 Å². The van der Waals surface area contributed by atoms with Gasteiger partial charge in [-0.05, 0) is 50.2 Å². The molecule has 1 aliphatic rings. The molecule has 2 N–H and O–H groups in total. The van der Waals surface area contributed by atoms with Crippen molar-refractivity contribution >= 4 is 5.69 Å². The van der Waals surface area contributed by atoms with Gasteiger partial charge in [-0.3, -0.25) is 0 Å². The fraction of sp³-hybridized carbons (Fsp3) is 0.647. The highest BCUT2D eigenvalue weighted by atomic mass is 15.1. The molecular weight excluding hydrogens is 232 g/mol. The lowest BCUT2D eigenvalue weighted by Gasteiger charge is -2.31. The third-order valence-electron chi connectivity index (χ3n) is 4.81. The zero-order chi connectivity index (χ0) is 14.0. The molecule has 0 radical (unpaired) electrons. The highest BCUT2D eigenvalue weighted by Crippen LogP contribution is 2.40. The Kier molecular flexibility index (Phi) is 4.19. The molecule has 0 spiro atoms. The average Bonchev–Trinajstić information content (AvgIpc) is 2.64. The van der Waals surface area contributed by atoms with E-state index >= 15 is 0 Å². The standard InChI is InChI=1S/C17H28N2/c1-5-19(15-8-6-13(2)7-9-15)12-14-10-11-17(3,4)16(14)18/h6-9,14,16H,5,10-12,18H2,1-4H3. The predicted molar refractivity (Wildman–Crippen MR) is 83.5 cm³/mol. The maximum Gasteiger partial charge on any atom is 0.0366 e. The third kappa shape index (κ3) is 3.11. The van der Waals surface area contributed by atoms with Crippen LogP contribution in [-0.2, 0) is 0 Å². The Morgan fingerprint density at radius 2 is 1.89 bits per heavy atom. The fourth-order valence-corrected chi connectivity index (χ4v) is 3.20. The second kappa shape index (κ2) is 5.54. The van der Waals surface area contributed by atoms with E-state index in [0.29, 0.717) is 17.4 Å². The molecule has 0 amide bonds. The molecule has 1 aromatic rings. The number of aryl methyl sites for hydroxylation is 1. The second-order valence-corrected chi connectivity index (χ2v) is 6.69. The van der Waals surface area contributed by atoms with E-state index in [0.717, 1.165) is 13.1 Å². The van der Waals surface area contributed by atoms with Gasteiger partial charge < -0.3 is 10.6 Å². The number of nitrogens with zero attached hydrogens (tertiary/aromatic N) is 1. The van der Waals surface area contributed by atoms with E-state index in [1.54, 1.807) is 0 Å². The normalized spacial score (nSPS) is 25.5. The predicted octanol–water partition coefficient (Wildman–Crippen LogP) is 3.58. The van der Waals surface area contributed by atoms with E-state index in [-0.39, 0.29) is 0 Å². The number of benzene rings is 1. The van der Waals surface area contributed by atoms with Crippen LogP contribution in [0.15, 0.2) is 24.3 Å². The molecule has 0 bridgehead atoms. The van der Waals surface area contributed by atoms with Crippen molar-refractivity contribution in [2.45, 2.75) is 46.6 Å². The van der Waals surface area contributed by atoms with Gasteiger partial charge in [0.25, 0.3) is 0 Å². The average molecular weight is 260 g/mol. The van der Waals surface area contributed by atoms with Gasteiger partial charge in [0, 0.05) is 24.8 Å². The molecule has 0 heterocycles. The SMILES string of the molecule is CCN(CC1CCC(C)(C)C1N)c1ccc(C)cc1. The number of rotatable bonds is 4. The van der Waals surface area contributed by atoms with Crippen LogP contribution in [0.2, 0.25) is 0 Å². The van der Waals surface area contributed by atoms with Crippen molar-refractivity contribution in [1.29, 1.82) is 0 Å². The molecule has 2 nitrogen and oxygen atoms in total. The Hall–Kier alpha value is -1.02. The summed E-state index contributed by atoms with van der Waals surface area (Å²) in [5.74, 6) is 0.622. The molecule has 2 heteroatoms. The van der Waals surface area contributed by atoms with Gasteiger partial charge in [0.15, 0.2) is 0 Å². The first-order valence-corrected chi connectivity index (χ1v) is 7.51. The van der Waals surface area contributed by atoms with Gasteiger partial charge in [-0.2, -0.15) is 0 Å². The highest BCUT2D eigenvalue weighted by Gasteiger charge is 2.39. The van der Waals surface area contributed by atoms with E-state index in [1.165, 1.54) is 24.1 Å². The number of nitrogens with two attached hydrogens (primary N) is 1. The van der Waals surface area contributed by atoms with Gasteiger partial charge in [0.05, 0.1) is 0 Å². The van der Waals surface area contributed by atoms with Gasteiger partial charge >= 0.3 is 0 Å². The van der Waals surface area contributed by atoms with Gasteiger partial charge in [-0.15, -0.1) is 0 Å². The van der Waals surface area contributed by atoms with Crippen LogP contribution in [0.25, 0.3) is 0 Å². The van der Waals surface area contributed by atoms with Crippen LogP contribution in [0.3, 0.4) is 0 Å². The Labute approximate surface area is 118 Å². The summed E-state index contributed by atoms with van der Waals surface area (Å²) in [5, 5.41) is 0. The molecule has 0 aliphatic heterocycles. The summed E-state index contributed by atoms with van der Waals surface area (Å²) in [6, 6.07) is 9.16. The largest absolute Gasteiger partial charge is 0.371 e. The van der Waals surface area contributed by atoms with Crippen LogP contribution in [0, 0.1) is 18.3 Å². The Bertz CT molecular complexity index is 408. The molecule has 1 aliphatic carbocycles. The molecule has 0 aromatic heterocycles. The monoisotopic (exact) mass is 260 g/mol. The molecule has 19 heavy (non-hydrogen) atoms. The third-order valence-corrected chi connectivity index (χ3v) is 4.81. The highest BCUT2D eigenvalue weighted by molar-refractivity contribution is 5.47. The topological polar surface area (TPSA) is 29.3 Å². The van der Waals surface area contributed by atoms with Crippen LogP contribution in [0.1, 0.15) is 39.2 Å². The van der Waals surface area contributed by atoms with Crippen molar-refractivity contribution in [1.82, 2.24) is 0 Å². The summed E-state index contributed by atoms with van der Waals surface area (Å²) < 4.78 is 0. The number of anilines is 1. The van der Waals surface area contributed by atoms with Crippen molar-refractivity contribution in [3.63, 3.8) is 0 Å². The summed E-state index contributed by atoms with van der Waals surface area (Å²) in [5.41, 5.74) is 9.38. The van der Waals surface area contributed by atoms with E-state index < -0.39 is 0 Å². The van der Waals surface area contributed by atoms with Crippen LogP contribution in [0.4, 0.5) is 5.69 Å². The first-order valence-electron chi connectivity index (χ1n) is 7.51. The molecule has 106 valence electrons. The minimum absolute atomic E-state index is 0.303. The molecule has 2 rings (SSSR count). The van der Waals surface area contributed by atoms with E-state index in [4.69, 9.17) is 5.73 Å². The lowest BCUT2D eigenvalue weighted by atomic mass is 9.85. The first-order chi connectivity index (χ1) is 8.94. The summed E-state index contributed by atoms with van der Waals surface area (Å²) in [6.07, 6.45) is 2.51. The van der Waals surface area contributed by atoms with Gasteiger partial charge in [-0.25, -0.2) is 0 Å². The number of hydrogen-bond acceptors (Lipinski definition) is 2. The summed E-state index contributed by atoms with van der Waals surface area (Å²) in [4.78, 5) is 2.46. The second-order valence-electron chi connectivity index (χ2n) is 6.69. The Morgan fingerprint density at radius 1 is 1.26 bits per heavy atom. The van der Waals surface area contributed by atoms with Gasteiger partial charge in [0.1, 0.15) is 0 Å². The first kappa shape index (κ1) is 14.4. The van der Waals surface area contributed by atoms with Crippen molar-refractivity contribution in [2.24, 2.45) is 17.1 Å². The van der Waals surface area contributed by atoms with Crippen LogP contribution < -0.4 is 10.6 Å². The Morgan fingerprint density at radius 3 is 2.37 bits per heavy atom. The van der Waals surface area contributed by atoms with E-state index in [2.05, 4.69) is 56.9 Å². The molecular formula is C17H28N2. The maximum atomic E-state index is 6.44. The zero-order valence-electron chi connectivity index (χ0n) is 12.8. The summed E-state index contributed by atoms with van der Waals surface area (Å²) >= 11 is 0. The minimum Gasteiger partial charge on any atom is -0.371 e. The summed E-state index contributed by atoms with van der Waals surface area (Å²) in [6.45, 7) is 11.1. The van der Waals surface area contributed by atoms with E-state index in [1.807, 2.05) is 0 Å². The van der Waals surface area contributed by atoms with Crippen LogP contribution in [0.5, 0.6) is 0 Å². The smallest absolute Gasteiger partial charge is 0.0366 e. The molecule has 0 saturated heterocycles. The molecule has 1 saturated carbocycles. The van der Waals surface area contributed by atoms with Gasteiger partial charge in [-0.1, -0.05) is 31.5 Å². The van der Waals surface area contributed by atoms with Crippen LogP contribution in [-0.4, -0.2) is 19.1 Å². The quantitative estimate of drug-likeness (QED) is 0.896. The van der Waals surface area contributed by atoms with Crippen molar-refractivity contribution in [3.8, 4) is 0 Å². The molecule has 1 aromatic carbocycles. The lowest BCUT2D eigenvalue weighted by Crippen LogP contribution is -2.42. The van der Waals surface area contributed by atoms with E-state index in [9.17, 15) is 0 Å². The van der Waals surface area contributed by atoms with Crippen LogP contribution >= 0.6 is 0 Å². The molecule has 2 atom stereocenters. The zero-order valence-corrected chi connectivity index (χ0v) is 12.8. The minimum atomic E-state index is 0.303. The number of hydrogen-bond donors (Lipinski definition) is 1. The van der Waals surface area contributed by atoms with Crippen molar-refractivity contribution in [2.75, 3.05) is 18.0 Å². The molecule has 2 unspecified atom stereocenters. The van der Waals surface area contributed by atoms with Crippen molar-refractivity contribution < 1.29 is 0 Å².